The maximum Gasteiger partial charge on any atom is 0.323 e. The van der Waals surface area contributed by atoms with Crippen molar-refractivity contribution < 1.29 is 9.90 Å². The smallest absolute Gasteiger partial charge is 0.323 e. The molecule has 0 saturated carbocycles. The van der Waals surface area contributed by atoms with Gasteiger partial charge in [0.05, 0.1) is 6.04 Å². The van der Waals surface area contributed by atoms with Crippen molar-refractivity contribution in [3.63, 3.8) is 0 Å². The van der Waals surface area contributed by atoms with E-state index in [2.05, 4.69) is 25.1 Å². The minimum atomic E-state index is -0.792. The number of nitrogens with zero attached hydrogens (tertiary/aromatic N) is 1. The van der Waals surface area contributed by atoms with Gasteiger partial charge in [-0.2, -0.15) is 0 Å². The van der Waals surface area contributed by atoms with Gasteiger partial charge in [0.2, 0.25) is 0 Å². The van der Waals surface area contributed by atoms with Crippen molar-refractivity contribution in [1.82, 2.24) is 0 Å². The molecule has 1 unspecified atom stereocenters. The molecule has 0 aliphatic heterocycles. The fourth-order valence-corrected chi connectivity index (χ4v) is 3.17. The lowest BCUT2D eigenvalue weighted by atomic mass is 10.0. The Labute approximate surface area is 124 Å². The standard InChI is InChI=1S/C18H19NO2/c1-13-7-8-14-9-10-17(16(14)11-13)19(12-18(20)21)15-5-3-2-4-6-15/h2-8,11,17H,9-10,12H2,1H3,(H,20,21). The molecule has 0 amide bonds. The maximum absolute atomic E-state index is 11.3. The van der Waals surface area contributed by atoms with Crippen LogP contribution < -0.4 is 4.90 Å². The van der Waals surface area contributed by atoms with Gasteiger partial charge in [0, 0.05) is 5.69 Å². The first-order chi connectivity index (χ1) is 10.1. The topological polar surface area (TPSA) is 40.5 Å². The summed E-state index contributed by atoms with van der Waals surface area (Å²) in [6, 6.07) is 16.5. The summed E-state index contributed by atoms with van der Waals surface area (Å²) in [6.45, 7) is 2.11. The predicted molar refractivity (Wildman–Crippen MR) is 83.7 cm³/mol. The number of hydrogen-bond acceptors (Lipinski definition) is 2. The third-order valence-electron chi connectivity index (χ3n) is 4.12. The number of benzene rings is 2. The van der Waals surface area contributed by atoms with Crippen LogP contribution >= 0.6 is 0 Å². The second kappa shape index (κ2) is 5.60. The summed E-state index contributed by atoms with van der Waals surface area (Å²) >= 11 is 0. The highest BCUT2D eigenvalue weighted by Crippen LogP contribution is 2.38. The minimum Gasteiger partial charge on any atom is -0.480 e. The molecule has 2 aromatic rings. The van der Waals surface area contributed by atoms with Crippen molar-refractivity contribution in [1.29, 1.82) is 0 Å². The van der Waals surface area contributed by atoms with Crippen LogP contribution in [-0.4, -0.2) is 17.6 Å². The number of carboxylic acids is 1. The van der Waals surface area contributed by atoms with Crippen molar-refractivity contribution in [3.05, 3.63) is 65.2 Å². The molecule has 0 bridgehead atoms. The first-order valence-corrected chi connectivity index (χ1v) is 7.28. The Morgan fingerprint density at radius 1 is 1.24 bits per heavy atom. The molecule has 108 valence electrons. The Morgan fingerprint density at radius 3 is 2.71 bits per heavy atom. The Bertz CT molecular complexity index is 652. The second-order valence-corrected chi connectivity index (χ2v) is 5.61. The number of carboxylic acid groups (broad SMARTS) is 1. The lowest BCUT2D eigenvalue weighted by molar-refractivity contribution is -0.135. The molecule has 1 atom stereocenters. The van der Waals surface area contributed by atoms with Crippen LogP contribution in [0.4, 0.5) is 5.69 Å². The van der Waals surface area contributed by atoms with Crippen LogP contribution in [0.25, 0.3) is 0 Å². The van der Waals surface area contributed by atoms with Crippen LogP contribution in [0, 0.1) is 6.92 Å². The molecule has 0 saturated heterocycles. The third-order valence-corrected chi connectivity index (χ3v) is 4.12. The van der Waals surface area contributed by atoms with Gasteiger partial charge >= 0.3 is 5.97 Å². The van der Waals surface area contributed by atoms with Crippen molar-refractivity contribution >= 4 is 11.7 Å². The van der Waals surface area contributed by atoms with Crippen LogP contribution in [0.3, 0.4) is 0 Å². The number of aryl methyl sites for hydroxylation is 2. The average molecular weight is 281 g/mol. The Balaban J connectivity index is 1.99. The lowest BCUT2D eigenvalue weighted by Gasteiger charge is -2.30. The molecular weight excluding hydrogens is 262 g/mol. The van der Waals surface area contributed by atoms with Gasteiger partial charge < -0.3 is 10.0 Å². The predicted octanol–water partition coefficient (Wildman–Crippen LogP) is 3.57. The zero-order valence-electron chi connectivity index (χ0n) is 12.1. The van der Waals surface area contributed by atoms with Gasteiger partial charge in [0.15, 0.2) is 0 Å². The maximum atomic E-state index is 11.3. The quantitative estimate of drug-likeness (QED) is 0.931. The number of aliphatic carboxylic acids is 1. The van der Waals surface area contributed by atoms with Gasteiger partial charge in [-0.25, -0.2) is 0 Å². The normalized spacial score (nSPS) is 16.5. The zero-order valence-corrected chi connectivity index (χ0v) is 12.1. The van der Waals surface area contributed by atoms with Crippen LogP contribution in [0.5, 0.6) is 0 Å². The van der Waals surface area contributed by atoms with E-state index in [4.69, 9.17) is 0 Å². The van der Waals surface area contributed by atoms with E-state index >= 15 is 0 Å². The van der Waals surface area contributed by atoms with E-state index in [1.54, 1.807) is 0 Å². The molecule has 1 aliphatic carbocycles. The second-order valence-electron chi connectivity index (χ2n) is 5.61. The molecule has 0 fully saturated rings. The highest BCUT2D eigenvalue weighted by atomic mass is 16.4. The van der Waals surface area contributed by atoms with Gasteiger partial charge in [-0.1, -0.05) is 42.0 Å². The average Bonchev–Trinajstić information content (AvgIpc) is 2.88. The molecule has 3 heteroatoms. The highest BCUT2D eigenvalue weighted by Gasteiger charge is 2.29. The summed E-state index contributed by atoms with van der Waals surface area (Å²) in [5, 5.41) is 9.27. The first kappa shape index (κ1) is 13.7. The summed E-state index contributed by atoms with van der Waals surface area (Å²) in [4.78, 5) is 13.3. The van der Waals surface area contributed by atoms with Gasteiger partial charge in [0.1, 0.15) is 6.54 Å². The fraction of sp³-hybridized carbons (Fsp3) is 0.278. The summed E-state index contributed by atoms with van der Waals surface area (Å²) in [6.07, 6.45) is 1.99. The molecule has 3 rings (SSSR count). The number of carbonyl (C=O) groups is 1. The first-order valence-electron chi connectivity index (χ1n) is 7.28. The molecule has 2 aromatic carbocycles. The summed E-state index contributed by atoms with van der Waals surface area (Å²) in [5.41, 5.74) is 4.82. The van der Waals surface area contributed by atoms with E-state index in [1.165, 1.54) is 16.7 Å². The van der Waals surface area contributed by atoms with Gasteiger partial charge in [0.25, 0.3) is 0 Å². The van der Waals surface area contributed by atoms with Crippen LogP contribution in [0.2, 0.25) is 0 Å². The van der Waals surface area contributed by atoms with Gasteiger partial charge in [-0.05, 0) is 43.0 Å². The molecule has 1 aliphatic rings. The molecule has 1 N–H and O–H groups in total. The van der Waals surface area contributed by atoms with Crippen molar-refractivity contribution in [2.45, 2.75) is 25.8 Å². The number of para-hydroxylation sites is 1. The summed E-state index contributed by atoms with van der Waals surface area (Å²) < 4.78 is 0. The monoisotopic (exact) mass is 281 g/mol. The minimum absolute atomic E-state index is 0.0298. The lowest BCUT2D eigenvalue weighted by Crippen LogP contribution is -2.32. The number of anilines is 1. The van der Waals surface area contributed by atoms with Crippen molar-refractivity contribution in [2.75, 3.05) is 11.4 Å². The zero-order chi connectivity index (χ0) is 14.8. The van der Waals surface area contributed by atoms with E-state index in [0.29, 0.717) is 0 Å². The van der Waals surface area contributed by atoms with E-state index in [9.17, 15) is 9.90 Å². The van der Waals surface area contributed by atoms with Crippen LogP contribution in [0.1, 0.15) is 29.2 Å². The molecular formula is C18H19NO2. The van der Waals surface area contributed by atoms with Gasteiger partial charge in [-0.3, -0.25) is 4.79 Å². The SMILES string of the molecule is Cc1ccc2c(c1)C(N(CC(=O)O)c1ccccc1)CC2. The molecule has 21 heavy (non-hydrogen) atoms. The van der Waals surface area contributed by atoms with E-state index in [1.807, 2.05) is 35.2 Å². The Morgan fingerprint density at radius 2 is 2.00 bits per heavy atom. The van der Waals surface area contributed by atoms with Gasteiger partial charge in [-0.15, -0.1) is 0 Å². The van der Waals surface area contributed by atoms with E-state index < -0.39 is 5.97 Å². The van der Waals surface area contributed by atoms with E-state index in [0.717, 1.165) is 18.5 Å². The Hall–Kier alpha value is -2.29. The largest absolute Gasteiger partial charge is 0.480 e. The fourth-order valence-electron chi connectivity index (χ4n) is 3.17. The van der Waals surface area contributed by atoms with Crippen LogP contribution in [0.15, 0.2) is 48.5 Å². The summed E-state index contributed by atoms with van der Waals surface area (Å²) in [7, 11) is 0. The highest BCUT2D eigenvalue weighted by molar-refractivity contribution is 5.74. The number of hydrogen-bond donors (Lipinski definition) is 1. The molecule has 0 heterocycles. The van der Waals surface area contributed by atoms with Crippen molar-refractivity contribution in [2.24, 2.45) is 0 Å². The van der Waals surface area contributed by atoms with Crippen molar-refractivity contribution in [3.8, 4) is 0 Å². The Kier molecular flexibility index (Phi) is 3.65. The number of fused-ring (bicyclic) bond motifs is 1. The molecule has 0 spiro atoms. The molecule has 0 radical (unpaired) electrons. The molecule has 3 nitrogen and oxygen atoms in total. The number of rotatable bonds is 4. The molecule has 0 aromatic heterocycles. The third kappa shape index (κ3) is 2.77. The van der Waals surface area contributed by atoms with Crippen LogP contribution in [-0.2, 0) is 11.2 Å². The summed E-state index contributed by atoms with van der Waals surface area (Å²) in [5.74, 6) is -0.792. The van der Waals surface area contributed by atoms with E-state index in [-0.39, 0.29) is 12.6 Å².